The number of ether oxygens (including phenoxy) is 1. The van der Waals surface area contributed by atoms with Gasteiger partial charge in [0.1, 0.15) is 17.1 Å². The molecule has 140 valence electrons. The molecule has 0 aliphatic rings. The number of amides is 1. The van der Waals surface area contributed by atoms with Gasteiger partial charge >= 0.3 is 5.97 Å². The highest BCUT2D eigenvalue weighted by Crippen LogP contribution is 2.31. The molecular formula is C19H19N3O5. The SMILES string of the molecule is COc1ccc(-c2noc(C(=O)O)c2C(C)NC(=O)c2cccn2C)cc1. The molecule has 2 aromatic heterocycles. The maximum atomic E-state index is 12.5. The summed E-state index contributed by atoms with van der Waals surface area (Å²) in [5, 5.41) is 16.2. The van der Waals surface area contributed by atoms with Gasteiger partial charge in [0.2, 0.25) is 5.76 Å². The first-order valence-corrected chi connectivity index (χ1v) is 8.21. The number of benzene rings is 1. The molecule has 27 heavy (non-hydrogen) atoms. The van der Waals surface area contributed by atoms with Gasteiger partial charge in [-0.05, 0) is 43.3 Å². The number of rotatable bonds is 6. The van der Waals surface area contributed by atoms with Crippen LogP contribution < -0.4 is 10.1 Å². The fourth-order valence-corrected chi connectivity index (χ4v) is 2.85. The first-order valence-electron chi connectivity index (χ1n) is 8.21. The van der Waals surface area contributed by atoms with Crippen molar-refractivity contribution in [2.45, 2.75) is 13.0 Å². The highest BCUT2D eigenvalue weighted by molar-refractivity contribution is 5.94. The van der Waals surface area contributed by atoms with E-state index < -0.39 is 12.0 Å². The molecule has 0 fully saturated rings. The molecule has 2 N–H and O–H groups in total. The van der Waals surface area contributed by atoms with Crippen LogP contribution in [0.1, 0.15) is 39.6 Å². The summed E-state index contributed by atoms with van der Waals surface area (Å²) in [6.07, 6.45) is 1.75. The summed E-state index contributed by atoms with van der Waals surface area (Å²) in [4.78, 5) is 24.1. The van der Waals surface area contributed by atoms with Crippen molar-refractivity contribution < 1.29 is 24.0 Å². The zero-order chi connectivity index (χ0) is 19.6. The number of aryl methyl sites for hydroxylation is 1. The molecule has 0 spiro atoms. The fourth-order valence-electron chi connectivity index (χ4n) is 2.85. The number of carbonyl (C=O) groups excluding carboxylic acids is 1. The Hall–Kier alpha value is -3.55. The second-order valence-electron chi connectivity index (χ2n) is 6.01. The van der Waals surface area contributed by atoms with Gasteiger partial charge in [0.05, 0.1) is 18.7 Å². The lowest BCUT2D eigenvalue weighted by Gasteiger charge is -2.15. The van der Waals surface area contributed by atoms with E-state index in [1.807, 2.05) is 0 Å². The molecule has 1 aromatic carbocycles. The summed E-state index contributed by atoms with van der Waals surface area (Å²) in [6.45, 7) is 1.69. The lowest BCUT2D eigenvalue weighted by atomic mass is 10.0. The molecule has 0 saturated heterocycles. The largest absolute Gasteiger partial charge is 0.497 e. The predicted octanol–water partition coefficient (Wildman–Crippen LogP) is 2.88. The summed E-state index contributed by atoms with van der Waals surface area (Å²) in [5.74, 6) is -1.22. The van der Waals surface area contributed by atoms with Crippen molar-refractivity contribution in [2.75, 3.05) is 7.11 Å². The zero-order valence-electron chi connectivity index (χ0n) is 15.1. The van der Waals surface area contributed by atoms with Gasteiger partial charge in [-0.15, -0.1) is 0 Å². The van der Waals surface area contributed by atoms with E-state index in [0.717, 1.165) is 0 Å². The van der Waals surface area contributed by atoms with Crippen molar-refractivity contribution >= 4 is 11.9 Å². The van der Waals surface area contributed by atoms with Gasteiger partial charge in [0.15, 0.2) is 0 Å². The van der Waals surface area contributed by atoms with E-state index in [1.165, 1.54) is 0 Å². The highest BCUT2D eigenvalue weighted by Gasteiger charge is 2.28. The van der Waals surface area contributed by atoms with Crippen LogP contribution in [-0.2, 0) is 7.05 Å². The second kappa shape index (κ2) is 7.36. The molecule has 1 unspecified atom stereocenters. The third kappa shape index (κ3) is 3.55. The van der Waals surface area contributed by atoms with Gasteiger partial charge < -0.3 is 24.3 Å². The van der Waals surface area contributed by atoms with Crippen molar-refractivity contribution in [3.05, 3.63) is 59.6 Å². The van der Waals surface area contributed by atoms with Gasteiger partial charge in [0.25, 0.3) is 5.91 Å². The van der Waals surface area contributed by atoms with Crippen LogP contribution in [0, 0.1) is 0 Å². The first kappa shape index (κ1) is 18.2. The molecule has 0 aliphatic carbocycles. The van der Waals surface area contributed by atoms with Crippen molar-refractivity contribution in [1.29, 1.82) is 0 Å². The zero-order valence-corrected chi connectivity index (χ0v) is 15.1. The monoisotopic (exact) mass is 369 g/mol. The highest BCUT2D eigenvalue weighted by atomic mass is 16.5. The topological polar surface area (TPSA) is 107 Å². The van der Waals surface area contributed by atoms with E-state index in [0.29, 0.717) is 28.3 Å². The molecule has 0 aliphatic heterocycles. The smallest absolute Gasteiger partial charge is 0.375 e. The van der Waals surface area contributed by atoms with E-state index in [2.05, 4.69) is 10.5 Å². The molecule has 0 saturated carbocycles. The van der Waals surface area contributed by atoms with Gasteiger partial charge in [-0.1, -0.05) is 5.16 Å². The average molecular weight is 369 g/mol. The van der Waals surface area contributed by atoms with Gasteiger partial charge in [-0.25, -0.2) is 4.79 Å². The normalized spacial score (nSPS) is 11.8. The number of nitrogens with zero attached hydrogens (tertiary/aromatic N) is 2. The molecule has 0 bridgehead atoms. The van der Waals surface area contributed by atoms with Crippen LogP contribution in [0.5, 0.6) is 5.75 Å². The van der Waals surface area contributed by atoms with E-state index >= 15 is 0 Å². The lowest BCUT2D eigenvalue weighted by molar-refractivity contribution is 0.0648. The van der Waals surface area contributed by atoms with Crippen LogP contribution in [0.3, 0.4) is 0 Å². The maximum absolute atomic E-state index is 12.5. The third-order valence-corrected chi connectivity index (χ3v) is 4.24. The van der Waals surface area contributed by atoms with Crippen LogP contribution in [-0.4, -0.2) is 33.8 Å². The molecule has 1 amide bonds. The van der Waals surface area contributed by atoms with E-state index in [9.17, 15) is 14.7 Å². The average Bonchev–Trinajstić information content (AvgIpc) is 3.28. The molecule has 3 rings (SSSR count). The Morgan fingerprint density at radius 2 is 1.96 bits per heavy atom. The molecular weight excluding hydrogens is 350 g/mol. The fraction of sp³-hybridized carbons (Fsp3) is 0.211. The number of hydrogen-bond acceptors (Lipinski definition) is 5. The Kier molecular flexibility index (Phi) is 4.98. The van der Waals surface area contributed by atoms with Crippen LogP contribution >= 0.6 is 0 Å². The lowest BCUT2D eigenvalue weighted by Crippen LogP contribution is -2.29. The number of aromatic nitrogens is 2. The van der Waals surface area contributed by atoms with Gasteiger partial charge in [-0.3, -0.25) is 4.79 Å². The van der Waals surface area contributed by atoms with Gasteiger partial charge in [-0.2, -0.15) is 0 Å². The minimum Gasteiger partial charge on any atom is -0.497 e. The Bertz CT molecular complexity index is 972. The standard InChI is InChI=1S/C19H19N3O5/c1-11(20-18(23)14-5-4-10-22(14)2)15-16(21-27-17(15)19(24)25)12-6-8-13(26-3)9-7-12/h4-11H,1-3H3,(H,20,23)(H,24,25). The number of carbonyl (C=O) groups is 2. The summed E-state index contributed by atoms with van der Waals surface area (Å²) in [7, 11) is 3.31. The van der Waals surface area contributed by atoms with Crippen LogP contribution in [0.15, 0.2) is 47.1 Å². The molecule has 2 heterocycles. The first-order chi connectivity index (χ1) is 12.9. The Morgan fingerprint density at radius 3 is 2.52 bits per heavy atom. The van der Waals surface area contributed by atoms with Crippen molar-refractivity contribution in [3.63, 3.8) is 0 Å². The quantitative estimate of drug-likeness (QED) is 0.692. The molecule has 3 aromatic rings. The maximum Gasteiger partial charge on any atom is 0.375 e. The van der Waals surface area contributed by atoms with E-state index in [4.69, 9.17) is 9.26 Å². The molecule has 0 radical (unpaired) electrons. The van der Waals surface area contributed by atoms with Crippen LogP contribution in [0.2, 0.25) is 0 Å². The predicted molar refractivity (Wildman–Crippen MR) is 96.7 cm³/mol. The third-order valence-electron chi connectivity index (χ3n) is 4.24. The number of hydrogen-bond donors (Lipinski definition) is 2. The van der Waals surface area contributed by atoms with E-state index in [1.54, 1.807) is 68.2 Å². The van der Waals surface area contributed by atoms with Gasteiger partial charge in [0, 0.05) is 18.8 Å². The van der Waals surface area contributed by atoms with Crippen molar-refractivity contribution in [3.8, 4) is 17.0 Å². The minimum absolute atomic E-state index is 0.301. The minimum atomic E-state index is -1.25. The van der Waals surface area contributed by atoms with Crippen LogP contribution in [0.4, 0.5) is 0 Å². The Morgan fingerprint density at radius 1 is 1.26 bits per heavy atom. The molecule has 1 atom stereocenters. The Balaban J connectivity index is 1.97. The number of aromatic carboxylic acids is 1. The number of nitrogens with one attached hydrogen (secondary N) is 1. The Labute approximate surface area is 155 Å². The molecule has 8 heteroatoms. The molecule has 8 nitrogen and oxygen atoms in total. The number of carboxylic acids is 1. The number of carboxylic acid groups (broad SMARTS) is 1. The summed E-state index contributed by atoms with van der Waals surface area (Å²) >= 11 is 0. The van der Waals surface area contributed by atoms with Crippen molar-refractivity contribution in [1.82, 2.24) is 15.0 Å². The summed E-state index contributed by atoms with van der Waals surface area (Å²) in [6, 6.07) is 9.77. The second-order valence-corrected chi connectivity index (χ2v) is 6.01. The summed E-state index contributed by atoms with van der Waals surface area (Å²) < 4.78 is 11.9. The van der Waals surface area contributed by atoms with Crippen LogP contribution in [0.25, 0.3) is 11.3 Å². The summed E-state index contributed by atoms with van der Waals surface area (Å²) in [5.41, 5.74) is 1.77. The number of methoxy groups -OCH3 is 1. The van der Waals surface area contributed by atoms with Crippen molar-refractivity contribution in [2.24, 2.45) is 7.05 Å². The van der Waals surface area contributed by atoms with E-state index in [-0.39, 0.29) is 11.7 Å².